The second kappa shape index (κ2) is 45.7. The maximum absolute atomic E-state index is 15.0. The third-order valence-corrected chi connectivity index (χ3v) is 20.9. The molecular weight excluding hydrogens is 1730 g/mol. The molecule has 10 aliphatic rings. The van der Waals surface area contributed by atoms with Crippen molar-refractivity contribution < 1.29 is 224 Å². The first-order valence-electron chi connectivity index (χ1n) is 41.1. The van der Waals surface area contributed by atoms with Gasteiger partial charge in [-0.2, -0.15) is 0 Å². The Bertz CT molecular complexity index is 4860. The van der Waals surface area contributed by atoms with Crippen molar-refractivity contribution in [1.29, 1.82) is 0 Å². The minimum Gasteiger partial charge on any atom is -0.508 e. The van der Waals surface area contributed by atoms with E-state index >= 15 is 4.79 Å². The van der Waals surface area contributed by atoms with E-state index in [1.807, 2.05) is 111 Å². The number of carbonyl (C=O) groups excluding carboxylic acids is 8. The molecule has 129 heavy (non-hydrogen) atoms. The molecule has 23 atom stereocenters. The van der Waals surface area contributed by atoms with Crippen LogP contribution in [-0.4, -0.2) is 301 Å². The lowest BCUT2D eigenvalue weighted by molar-refractivity contribution is -0.224. The number of cyclic esters (lactones) is 3. The van der Waals surface area contributed by atoms with Crippen LogP contribution in [0.15, 0.2) is 70.5 Å². The number of aliphatic hydroxyl groups excluding tert-OH is 15. The molecule has 12 unspecified atom stereocenters. The highest BCUT2D eigenvalue weighted by Gasteiger charge is 2.64. The highest BCUT2D eigenvalue weighted by molar-refractivity contribution is 6.00. The second-order valence-electron chi connectivity index (χ2n) is 27.2. The van der Waals surface area contributed by atoms with Gasteiger partial charge in [-0.05, 0) is 37.1 Å². The average Bonchev–Trinajstić information content (AvgIpc) is 0.708. The zero-order valence-corrected chi connectivity index (χ0v) is 72.5. The van der Waals surface area contributed by atoms with E-state index in [4.69, 9.17) is 37.9 Å². The van der Waals surface area contributed by atoms with E-state index in [0.717, 1.165) is 0 Å². The van der Waals surface area contributed by atoms with Crippen LogP contribution in [0.2, 0.25) is 0 Å². The van der Waals surface area contributed by atoms with Gasteiger partial charge in [-0.25, -0.2) is 28.8 Å². The van der Waals surface area contributed by atoms with Gasteiger partial charge in [0.15, 0.2) is 112 Å². The number of fused-ring (bicyclic) bond motifs is 10. The summed E-state index contributed by atoms with van der Waals surface area (Å²) in [5, 5.41) is 300. The van der Waals surface area contributed by atoms with Crippen LogP contribution in [0.4, 0.5) is 0 Å². The third kappa shape index (κ3) is 20.3. The Labute approximate surface area is 734 Å². The van der Waals surface area contributed by atoms with Gasteiger partial charge in [0.05, 0.1) is 69.4 Å². The molecule has 45 nitrogen and oxygen atoms in total. The second-order valence-corrected chi connectivity index (χ2v) is 27.2. The molecule has 0 aromatic heterocycles. The molecule has 14 rings (SSSR count). The van der Waals surface area contributed by atoms with Gasteiger partial charge in [-0.15, -0.1) is 0 Å². The number of carbonyl (C=O) groups is 9. The summed E-state index contributed by atoms with van der Waals surface area (Å²) >= 11 is 0. The molecule has 1 fully saturated rings. The van der Waals surface area contributed by atoms with Gasteiger partial charge in [0.25, 0.3) is 0 Å². The standard InChI is InChI=1S/C41H38O26.C27H26O19.8C2H6/c42-9-2-6-13(24(48)22(9)46)14-7(3-10(43)23(47)25(14)49)38(59)65-34-11(4-63-37(6)58)64-39(60)8-1-5(20(44)31(55)21(8)45)12-17-15(27(51)32(56)26(12)50)16-18-19(29(53)33(57)28(16)52)30(54)35(66-41(18)62)36(34)67-40(17)61;28-9-1-6(2-10(29)16(9)32)25(41)45-13-5-44-26(42)7-3-11(30)17(33)19(35)14(7)15-8(4-12(31)18(34)20(15)36)27(43)46-23(13)21(37)22(38)24(39)40;8*1-2/h1,3,5-6,9,11,13,16,18-21,29-31,34-36,42-57H,2,4H2;1-2,4,7,11,13-14,21-23,28-38H,3,5H2,(H,39,40);8*1-2H3/t5-,6?,9+,11?,13+,16-,18?,19+,20?,21-,29+,30+,31+,34?,35?,36?;7?,11-,13?,14-,21?,22?,23?;;;;;;;;/m01......../s1. The molecule has 0 amide bonds. The molecule has 718 valence electrons. The number of rotatable bonds is 5. The van der Waals surface area contributed by atoms with Gasteiger partial charge in [-0.3, -0.25) is 14.4 Å². The van der Waals surface area contributed by atoms with Crippen molar-refractivity contribution in [3.63, 3.8) is 0 Å². The molecule has 1 saturated heterocycles. The van der Waals surface area contributed by atoms with Crippen molar-refractivity contribution >= 4 is 53.7 Å². The Morgan fingerprint density at radius 2 is 0.814 bits per heavy atom. The van der Waals surface area contributed by atoms with Crippen LogP contribution in [0.3, 0.4) is 0 Å². The number of hydrogen-bond acceptors (Lipinski definition) is 44. The smallest absolute Gasteiger partial charge is 0.339 e. The largest absolute Gasteiger partial charge is 0.508 e. The number of aromatic hydroxyl groups is 12. The molecular formula is C84H112O45. The van der Waals surface area contributed by atoms with Crippen LogP contribution < -0.4 is 0 Å². The van der Waals surface area contributed by atoms with Gasteiger partial charge >= 0.3 is 53.7 Å². The molecule has 4 aliphatic carbocycles. The first-order valence-corrected chi connectivity index (χ1v) is 41.1. The van der Waals surface area contributed by atoms with Gasteiger partial charge in [0, 0.05) is 34.1 Å². The van der Waals surface area contributed by atoms with Gasteiger partial charge in [0.1, 0.15) is 73.2 Å². The van der Waals surface area contributed by atoms with Crippen LogP contribution in [0.5, 0.6) is 69.0 Å². The maximum Gasteiger partial charge on any atom is 0.339 e. The number of aliphatic carboxylic acids is 1. The lowest BCUT2D eigenvalue weighted by Gasteiger charge is -2.50. The van der Waals surface area contributed by atoms with E-state index in [-0.39, 0.29) is 0 Å². The number of ether oxygens (including phenoxy) is 8. The Morgan fingerprint density at radius 3 is 1.28 bits per heavy atom. The normalized spacial score (nSPS) is 28.5. The number of carboxylic acids is 1. The minimum atomic E-state index is -2.77. The van der Waals surface area contributed by atoms with Gasteiger partial charge < -0.3 is 181 Å². The number of phenolic OH excluding ortho intramolecular Hbond substituents is 12. The topological polar surface area (TPSA) is 794 Å². The fourth-order valence-corrected chi connectivity index (χ4v) is 15.3. The number of phenols is 12. The van der Waals surface area contributed by atoms with Crippen LogP contribution >= 0.6 is 0 Å². The van der Waals surface area contributed by atoms with Gasteiger partial charge in [0.2, 0.25) is 17.2 Å². The lowest BCUT2D eigenvalue weighted by Crippen LogP contribution is -2.65. The highest BCUT2D eigenvalue weighted by Crippen LogP contribution is 2.60. The zero-order valence-electron chi connectivity index (χ0n) is 72.5. The number of hydrogen-bond donors (Lipinski definition) is 28. The predicted octanol–water partition coefficient (Wildman–Crippen LogP) is 4.41. The van der Waals surface area contributed by atoms with Gasteiger partial charge in [-0.1, -0.05) is 117 Å². The summed E-state index contributed by atoms with van der Waals surface area (Å²) in [5.41, 5.74) is -9.11. The van der Waals surface area contributed by atoms with E-state index in [2.05, 4.69) is 0 Å². The van der Waals surface area contributed by atoms with E-state index < -0.39 is 372 Å². The Kier molecular flexibility index (Phi) is 38.4. The van der Waals surface area contributed by atoms with Crippen LogP contribution in [-0.2, 0) is 61.9 Å². The molecule has 4 aromatic carbocycles. The average molecular weight is 1840 g/mol. The summed E-state index contributed by atoms with van der Waals surface area (Å²) in [6, 6.07) is 2.07. The lowest BCUT2D eigenvalue weighted by atomic mass is 9.63. The summed E-state index contributed by atoms with van der Waals surface area (Å²) in [6.07, 6.45) is -37.7. The van der Waals surface area contributed by atoms with Crippen LogP contribution in [0.1, 0.15) is 211 Å². The monoisotopic (exact) mass is 1840 g/mol. The number of allylic oxidation sites excluding steroid dienone is 3. The molecule has 28 N–H and O–H groups in total. The van der Waals surface area contributed by atoms with Crippen molar-refractivity contribution in [2.24, 2.45) is 23.7 Å². The first kappa shape index (κ1) is 108. The Balaban J connectivity index is 0.000000492. The minimum absolute atomic E-state index is 0.412. The quantitative estimate of drug-likeness (QED) is 0.0747. The van der Waals surface area contributed by atoms with Crippen LogP contribution in [0, 0.1) is 23.7 Å². The fourth-order valence-electron chi connectivity index (χ4n) is 15.3. The van der Waals surface area contributed by atoms with E-state index in [1.165, 1.54) is 0 Å². The molecule has 6 heterocycles. The number of carboxylic acid groups (broad SMARTS) is 1. The van der Waals surface area contributed by atoms with E-state index in [1.54, 1.807) is 0 Å². The molecule has 0 radical (unpaired) electrons. The number of benzene rings is 4. The SMILES string of the molecule is CC.CC.CC.CC.CC.CC.CC.CC.O=C(OC1COC(=O)C2C[C@@H](O)C(O)=C(O)[C@H]2c2c(cc(O)c(O)c2O)C(=O)OC1C(O)C(O)C(=O)O)c1cc(O)c(O)c(O)c1.O=C1OC2COC(=O)C3C[C@@H](O)C(O)=C(O)[C@H]3c3c(cc(O)c(O)c3O)C(=O)OC2C2OC(=O)c3c(c(O)c(O)c(O)c3[C@@H]3C(O)=C(O)[C@H](O)[C@H]4C3C(=O)OC2[C@@H]4O)[C@@H]2C=C1[C@H](O)[C@H](O)C2O. The fraction of sp³-hybridized carbons (Fsp3) is 0.512. The molecule has 45 heteroatoms. The van der Waals surface area contributed by atoms with Crippen LogP contribution in [0.25, 0.3) is 0 Å². The van der Waals surface area contributed by atoms with Crippen molar-refractivity contribution in [2.45, 2.75) is 239 Å². The number of esters is 8. The molecule has 0 spiro atoms. The molecule has 8 bridgehead atoms. The summed E-state index contributed by atoms with van der Waals surface area (Å²) in [5.74, 6) is -55.1. The Morgan fingerprint density at radius 1 is 0.395 bits per heavy atom. The first-order chi connectivity index (χ1) is 60.9. The zero-order chi connectivity index (χ0) is 99.1. The highest BCUT2D eigenvalue weighted by atomic mass is 16.7. The summed E-state index contributed by atoms with van der Waals surface area (Å²) in [7, 11) is 0. The summed E-state index contributed by atoms with van der Waals surface area (Å²) < 4.78 is 43.7. The summed E-state index contributed by atoms with van der Waals surface area (Å²) in [6.45, 7) is 29.4. The van der Waals surface area contributed by atoms with Crippen molar-refractivity contribution in [1.82, 2.24) is 0 Å². The summed E-state index contributed by atoms with van der Waals surface area (Å²) in [4.78, 5) is 124. The predicted molar refractivity (Wildman–Crippen MR) is 436 cm³/mol. The molecule has 4 aromatic rings. The van der Waals surface area contributed by atoms with Crippen molar-refractivity contribution in [2.75, 3.05) is 13.2 Å². The Hall–Kier alpha value is -12.9. The molecule has 0 saturated carbocycles. The van der Waals surface area contributed by atoms with E-state index in [0.29, 0.717) is 30.3 Å². The van der Waals surface area contributed by atoms with Crippen molar-refractivity contribution in [3.05, 3.63) is 115 Å². The third-order valence-electron chi connectivity index (χ3n) is 20.9. The van der Waals surface area contributed by atoms with Crippen molar-refractivity contribution in [3.8, 4) is 69.0 Å². The molecule has 6 aliphatic heterocycles. The number of aliphatic hydroxyl groups is 15. The van der Waals surface area contributed by atoms with E-state index in [9.17, 15) is 181 Å². The maximum atomic E-state index is 15.0.